The second-order valence-electron chi connectivity index (χ2n) is 2.58. The first kappa shape index (κ1) is 9.73. The molecular weight excluding hydrogens is 190 g/mol. The molecule has 5 heteroatoms. The van der Waals surface area contributed by atoms with Crippen LogP contribution in [-0.4, -0.2) is 17.0 Å². The summed E-state index contributed by atoms with van der Waals surface area (Å²) in [5.41, 5.74) is 4.94. The maximum Gasteiger partial charge on any atom is 0.312 e. The van der Waals surface area contributed by atoms with Crippen LogP contribution in [0, 0.1) is 0 Å². The van der Waals surface area contributed by atoms with Crippen molar-refractivity contribution in [2.24, 2.45) is 5.73 Å². The highest BCUT2D eigenvalue weighted by Crippen LogP contribution is 2.24. The smallest absolute Gasteiger partial charge is 0.312 e. The van der Waals surface area contributed by atoms with Crippen molar-refractivity contribution in [3.63, 3.8) is 0 Å². The highest BCUT2D eigenvalue weighted by molar-refractivity contribution is 7.10. The molecule has 0 aliphatic heterocycles. The summed E-state index contributed by atoms with van der Waals surface area (Å²) in [6.07, 6.45) is -0.143. The summed E-state index contributed by atoms with van der Waals surface area (Å²) in [6.45, 7) is 0. The fourth-order valence-electron chi connectivity index (χ4n) is 1.00. The van der Waals surface area contributed by atoms with E-state index in [9.17, 15) is 9.59 Å². The van der Waals surface area contributed by atoms with E-state index >= 15 is 0 Å². The molecule has 3 N–H and O–H groups in total. The van der Waals surface area contributed by atoms with Gasteiger partial charge in [-0.05, 0) is 11.4 Å². The summed E-state index contributed by atoms with van der Waals surface area (Å²) < 4.78 is 0. The van der Waals surface area contributed by atoms with Crippen LogP contribution < -0.4 is 5.73 Å². The Kier molecular flexibility index (Phi) is 3.02. The van der Waals surface area contributed by atoms with Gasteiger partial charge in [0.1, 0.15) is 0 Å². The summed E-state index contributed by atoms with van der Waals surface area (Å²) in [6, 6.07) is 3.43. The van der Waals surface area contributed by atoms with Crippen molar-refractivity contribution in [1.29, 1.82) is 0 Å². The molecule has 1 heterocycles. The Bertz CT molecular complexity index is 307. The van der Waals surface area contributed by atoms with E-state index in [0.717, 1.165) is 0 Å². The maximum atomic E-state index is 10.7. The summed E-state index contributed by atoms with van der Waals surface area (Å²) in [4.78, 5) is 22.0. The first-order valence-electron chi connectivity index (χ1n) is 3.65. The van der Waals surface area contributed by atoms with Crippen LogP contribution in [0.2, 0.25) is 0 Å². The minimum atomic E-state index is -1.01. The molecule has 1 amide bonds. The molecule has 1 aromatic heterocycles. The van der Waals surface area contributed by atoms with Gasteiger partial charge in [0, 0.05) is 11.3 Å². The molecule has 0 aromatic carbocycles. The third-order valence-electron chi connectivity index (χ3n) is 1.59. The van der Waals surface area contributed by atoms with Crippen molar-refractivity contribution in [3.8, 4) is 0 Å². The number of hydrogen-bond donors (Lipinski definition) is 2. The summed E-state index contributed by atoms with van der Waals surface area (Å²) in [5, 5.41) is 10.6. The molecule has 0 saturated heterocycles. The van der Waals surface area contributed by atoms with Crippen molar-refractivity contribution < 1.29 is 14.7 Å². The highest BCUT2D eigenvalue weighted by Gasteiger charge is 2.22. The van der Waals surface area contributed by atoms with Gasteiger partial charge in [0.25, 0.3) is 0 Å². The van der Waals surface area contributed by atoms with E-state index in [1.54, 1.807) is 17.5 Å². The second-order valence-corrected chi connectivity index (χ2v) is 3.56. The number of carboxylic acid groups (broad SMARTS) is 1. The predicted molar refractivity (Wildman–Crippen MR) is 48.5 cm³/mol. The number of carbonyl (C=O) groups excluding carboxylic acids is 1. The highest BCUT2D eigenvalue weighted by atomic mass is 32.1. The Balaban J connectivity index is 2.81. The van der Waals surface area contributed by atoms with E-state index in [-0.39, 0.29) is 6.42 Å². The number of rotatable bonds is 4. The molecule has 13 heavy (non-hydrogen) atoms. The van der Waals surface area contributed by atoms with E-state index in [2.05, 4.69) is 0 Å². The minimum Gasteiger partial charge on any atom is -0.481 e. The van der Waals surface area contributed by atoms with E-state index in [0.29, 0.717) is 4.88 Å². The van der Waals surface area contributed by atoms with Gasteiger partial charge < -0.3 is 10.8 Å². The third-order valence-corrected chi connectivity index (χ3v) is 2.58. The fourth-order valence-corrected chi connectivity index (χ4v) is 1.82. The molecule has 1 atom stereocenters. The van der Waals surface area contributed by atoms with E-state index in [1.807, 2.05) is 0 Å². The lowest BCUT2D eigenvalue weighted by Crippen LogP contribution is -2.20. The molecule has 0 radical (unpaired) electrons. The number of amides is 1. The first-order valence-corrected chi connectivity index (χ1v) is 4.53. The first-order chi connectivity index (χ1) is 6.11. The number of hydrogen-bond acceptors (Lipinski definition) is 3. The van der Waals surface area contributed by atoms with Crippen LogP contribution in [0.3, 0.4) is 0 Å². The average molecular weight is 199 g/mol. The van der Waals surface area contributed by atoms with Gasteiger partial charge in [0.15, 0.2) is 0 Å². The lowest BCUT2D eigenvalue weighted by atomic mass is 10.0. The minimum absolute atomic E-state index is 0.143. The number of nitrogens with two attached hydrogens (primary N) is 1. The molecule has 0 saturated carbocycles. The van der Waals surface area contributed by atoms with Crippen LogP contribution >= 0.6 is 11.3 Å². The van der Waals surface area contributed by atoms with Gasteiger partial charge in [-0.15, -0.1) is 11.3 Å². The molecule has 4 nitrogen and oxygen atoms in total. The zero-order chi connectivity index (χ0) is 9.84. The largest absolute Gasteiger partial charge is 0.481 e. The maximum absolute atomic E-state index is 10.7. The quantitative estimate of drug-likeness (QED) is 0.752. The van der Waals surface area contributed by atoms with Crippen molar-refractivity contribution in [3.05, 3.63) is 22.4 Å². The monoisotopic (exact) mass is 199 g/mol. The molecule has 1 aromatic rings. The van der Waals surface area contributed by atoms with Crippen LogP contribution in [0.4, 0.5) is 0 Å². The Morgan fingerprint density at radius 2 is 2.31 bits per heavy atom. The average Bonchev–Trinajstić information content (AvgIpc) is 2.50. The van der Waals surface area contributed by atoms with Gasteiger partial charge in [-0.25, -0.2) is 0 Å². The van der Waals surface area contributed by atoms with Gasteiger partial charge in [-0.3, -0.25) is 9.59 Å². The van der Waals surface area contributed by atoms with Gasteiger partial charge in [-0.1, -0.05) is 6.07 Å². The molecule has 1 rings (SSSR count). The Morgan fingerprint density at radius 1 is 1.62 bits per heavy atom. The number of carboxylic acids is 1. The van der Waals surface area contributed by atoms with Gasteiger partial charge in [0.2, 0.25) is 5.91 Å². The van der Waals surface area contributed by atoms with Crippen molar-refractivity contribution in [2.75, 3.05) is 0 Å². The van der Waals surface area contributed by atoms with Crippen LogP contribution in [-0.2, 0) is 9.59 Å². The molecule has 0 unspecified atom stereocenters. The Labute approximate surface area is 79.0 Å². The topological polar surface area (TPSA) is 80.4 Å². The number of thiophene rings is 1. The van der Waals surface area contributed by atoms with Crippen LogP contribution in [0.5, 0.6) is 0 Å². The lowest BCUT2D eigenvalue weighted by molar-refractivity contribution is -0.140. The molecule has 0 fully saturated rings. The van der Waals surface area contributed by atoms with Crippen molar-refractivity contribution in [2.45, 2.75) is 12.3 Å². The summed E-state index contributed by atoms with van der Waals surface area (Å²) >= 11 is 1.31. The zero-order valence-corrected chi connectivity index (χ0v) is 7.58. The molecule has 0 aliphatic carbocycles. The molecule has 0 spiro atoms. The van der Waals surface area contributed by atoms with Gasteiger partial charge in [0.05, 0.1) is 5.92 Å². The van der Waals surface area contributed by atoms with Crippen LogP contribution in [0.15, 0.2) is 17.5 Å². The molecule has 0 bridgehead atoms. The predicted octanol–water partition coefficient (Wildman–Crippen LogP) is 0.792. The summed E-state index contributed by atoms with van der Waals surface area (Å²) in [7, 11) is 0. The second kappa shape index (κ2) is 4.04. The third kappa shape index (κ3) is 2.55. The van der Waals surface area contributed by atoms with E-state index in [1.165, 1.54) is 11.3 Å². The normalized spacial score (nSPS) is 12.3. The SMILES string of the molecule is NC(=O)C[C@H](C(=O)O)c1cccs1. The zero-order valence-electron chi connectivity index (χ0n) is 6.77. The van der Waals surface area contributed by atoms with Crippen molar-refractivity contribution >= 4 is 23.2 Å². The molecular formula is C8H9NO3S. The lowest BCUT2D eigenvalue weighted by Gasteiger charge is -2.06. The van der Waals surface area contributed by atoms with Gasteiger partial charge >= 0.3 is 5.97 Å². The van der Waals surface area contributed by atoms with Gasteiger partial charge in [-0.2, -0.15) is 0 Å². The Hall–Kier alpha value is -1.36. The number of aliphatic carboxylic acids is 1. The summed E-state index contributed by atoms with van der Waals surface area (Å²) in [5.74, 6) is -2.40. The van der Waals surface area contributed by atoms with Crippen LogP contribution in [0.25, 0.3) is 0 Å². The van der Waals surface area contributed by atoms with Crippen molar-refractivity contribution in [1.82, 2.24) is 0 Å². The number of carbonyl (C=O) groups is 2. The molecule has 0 aliphatic rings. The standard InChI is InChI=1S/C8H9NO3S/c9-7(10)4-5(8(11)12)6-2-1-3-13-6/h1-3,5H,4H2,(H2,9,10)(H,11,12)/t5-/m0/s1. The van der Waals surface area contributed by atoms with E-state index < -0.39 is 17.8 Å². The number of primary amides is 1. The van der Waals surface area contributed by atoms with E-state index in [4.69, 9.17) is 10.8 Å². The Morgan fingerprint density at radius 3 is 2.69 bits per heavy atom. The fraction of sp³-hybridized carbons (Fsp3) is 0.250. The van der Waals surface area contributed by atoms with Crippen LogP contribution in [0.1, 0.15) is 17.2 Å². The molecule has 70 valence electrons.